The number of hydrogen-bond donors (Lipinski definition) is 1. The van der Waals surface area contributed by atoms with Crippen LogP contribution in [-0.2, 0) is 25.7 Å². The van der Waals surface area contributed by atoms with Gasteiger partial charge in [0.05, 0.1) is 30.7 Å². The van der Waals surface area contributed by atoms with Crippen LogP contribution in [0.1, 0.15) is 12.5 Å². The Balaban J connectivity index is 2.11. The standard InChI is InChI=1S/C17H24F3N3O4S/c1-13(16(24)21-6-7-22-8-10-27-11-9-22)23(28(2,25)26)15-5-3-4-14(12-15)17(18,19)20/h3-5,12-13H,6-11H2,1-2H3,(H,21,24)/t13-/m0/s1. The van der Waals surface area contributed by atoms with Gasteiger partial charge < -0.3 is 10.1 Å². The predicted molar refractivity (Wildman–Crippen MR) is 98.5 cm³/mol. The first-order chi connectivity index (χ1) is 13.0. The molecule has 1 heterocycles. The number of alkyl halides is 3. The summed E-state index contributed by atoms with van der Waals surface area (Å²) in [5.74, 6) is -0.587. The van der Waals surface area contributed by atoms with Gasteiger partial charge in [0.15, 0.2) is 0 Å². The molecule has 1 saturated heterocycles. The number of carbonyl (C=O) groups is 1. The van der Waals surface area contributed by atoms with Crippen molar-refractivity contribution in [3.63, 3.8) is 0 Å². The first kappa shape index (κ1) is 22.4. The van der Waals surface area contributed by atoms with Crippen LogP contribution in [0, 0.1) is 0 Å². The van der Waals surface area contributed by atoms with E-state index in [4.69, 9.17) is 4.74 Å². The Hall–Kier alpha value is -1.85. The van der Waals surface area contributed by atoms with Gasteiger partial charge in [-0.2, -0.15) is 13.2 Å². The lowest BCUT2D eigenvalue weighted by molar-refractivity contribution is -0.137. The summed E-state index contributed by atoms with van der Waals surface area (Å²) in [6.45, 7) is 4.92. The fourth-order valence-electron chi connectivity index (χ4n) is 2.94. The first-order valence-electron chi connectivity index (χ1n) is 8.74. The largest absolute Gasteiger partial charge is 0.416 e. The lowest BCUT2D eigenvalue weighted by atomic mass is 10.2. The molecule has 28 heavy (non-hydrogen) atoms. The van der Waals surface area contributed by atoms with Crippen molar-refractivity contribution in [2.75, 3.05) is 50.0 Å². The van der Waals surface area contributed by atoms with E-state index in [0.717, 1.165) is 37.5 Å². The zero-order valence-corrected chi connectivity index (χ0v) is 16.5. The smallest absolute Gasteiger partial charge is 0.379 e. The van der Waals surface area contributed by atoms with E-state index in [0.29, 0.717) is 30.6 Å². The van der Waals surface area contributed by atoms with Crippen LogP contribution in [0.5, 0.6) is 0 Å². The third-order valence-electron chi connectivity index (χ3n) is 4.35. The summed E-state index contributed by atoms with van der Waals surface area (Å²) in [6.07, 6.45) is -3.77. The van der Waals surface area contributed by atoms with Crippen LogP contribution in [0.3, 0.4) is 0 Å². The molecule has 0 unspecified atom stereocenters. The quantitative estimate of drug-likeness (QED) is 0.716. The summed E-state index contributed by atoms with van der Waals surface area (Å²) in [6, 6.07) is 2.70. The molecule has 1 atom stereocenters. The van der Waals surface area contributed by atoms with Gasteiger partial charge in [0, 0.05) is 26.2 Å². The number of nitrogens with one attached hydrogen (secondary N) is 1. The minimum atomic E-state index is -4.62. The molecule has 1 aliphatic heterocycles. The molecule has 0 bridgehead atoms. The second-order valence-corrected chi connectivity index (χ2v) is 8.39. The third kappa shape index (κ3) is 6.08. The summed E-state index contributed by atoms with van der Waals surface area (Å²) < 4.78 is 69.3. The molecule has 1 amide bonds. The Morgan fingerprint density at radius 3 is 2.54 bits per heavy atom. The Morgan fingerprint density at radius 2 is 1.96 bits per heavy atom. The molecule has 1 fully saturated rings. The molecule has 0 spiro atoms. The molecule has 1 aromatic rings. The fourth-order valence-corrected chi connectivity index (χ4v) is 4.10. The zero-order valence-electron chi connectivity index (χ0n) is 15.7. The van der Waals surface area contributed by atoms with Crippen LogP contribution in [0.4, 0.5) is 18.9 Å². The Labute approximate surface area is 162 Å². The van der Waals surface area contributed by atoms with Crippen LogP contribution in [-0.4, -0.2) is 70.9 Å². The molecular formula is C17H24F3N3O4S. The van der Waals surface area contributed by atoms with E-state index in [1.807, 2.05) is 0 Å². The fraction of sp³-hybridized carbons (Fsp3) is 0.588. The van der Waals surface area contributed by atoms with Crippen molar-refractivity contribution >= 4 is 21.6 Å². The van der Waals surface area contributed by atoms with E-state index in [9.17, 15) is 26.4 Å². The summed E-state index contributed by atoms with van der Waals surface area (Å²) >= 11 is 0. The topological polar surface area (TPSA) is 79.0 Å². The van der Waals surface area contributed by atoms with Crippen molar-refractivity contribution in [3.05, 3.63) is 29.8 Å². The number of carbonyl (C=O) groups excluding carboxylic acids is 1. The number of amides is 1. The molecule has 1 aliphatic rings. The van der Waals surface area contributed by atoms with Crippen molar-refractivity contribution in [1.82, 2.24) is 10.2 Å². The molecule has 2 rings (SSSR count). The lowest BCUT2D eigenvalue weighted by Gasteiger charge is -2.30. The van der Waals surface area contributed by atoms with Crippen LogP contribution < -0.4 is 9.62 Å². The van der Waals surface area contributed by atoms with E-state index in [2.05, 4.69) is 10.2 Å². The molecule has 0 aromatic heterocycles. The highest BCUT2D eigenvalue weighted by Gasteiger charge is 2.34. The maximum Gasteiger partial charge on any atom is 0.416 e. The normalized spacial score (nSPS) is 17.2. The summed E-state index contributed by atoms with van der Waals surface area (Å²) in [7, 11) is -3.99. The predicted octanol–water partition coefficient (Wildman–Crippen LogP) is 1.31. The number of sulfonamides is 1. The summed E-state index contributed by atoms with van der Waals surface area (Å²) in [4.78, 5) is 14.5. The van der Waals surface area contributed by atoms with Gasteiger partial charge in [-0.25, -0.2) is 8.42 Å². The molecule has 1 N–H and O–H groups in total. The van der Waals surface area contributed by atoms with Crippen molar-refractivity contribution in [2.24, 2.45) is 0 Å². The number of anilines is 1. The number of halogens is 3. The van der Waals surface area contributed by atoms with Gasteiger partial charge in [-0.05, 0) is 25.1 Å². The Kier molecular flexibility index (Phi) is 7.29. The van der Waals surface area contributed by atoms with E-state index in [1.165, 1.54) is 13.0 Å². The number of ether oxygens (including phenoxy) is 1. The number of nitrogens with zero attached hydrogens (tertiary/aromatic N) is 2. The van der Waals surface area contributed by atoms with Gasteiger partial charge in [0.25, 0.3) is 0 Å². The first-order valence-corrected chi connectivity index (χ1v) is 10.6. The minimum Gasteiger partial charge on any atom is -0.379 e. The lowest BCUT2D eigenvalue weighted by Crippen LogP contribution is -2.49. The molecular weight excluding hydrogens is 399 g/mol. The van der Waals surface area contributed by atoms with Gasteiger partial charge in [-0.15, -0.1) is 0 Å². The SMILES string of the molecule is C[C@@H](C(=O)NCCN1CCOCC1)N(c1cccc(C(F)(F)F)c1)S(C)(=O)=O. The molecule has 158 valence electrons. The highest BCUT2D eigenvalue weighted by Crippen LogP contribution is 2.32. The van der Waals surface area contributed by atoms with Gasteiger partial charge in [-0.3, -0.25) is 14.0 Å². The van der Waals surface area contributed by atoms with Gasteiger partial charge in [0.2, 0.25) is 15.9 Å². The van der Waals surface area contributed by atoms with Gasteiger partial charge in [-0.1, -0.05) is 6.07 Å². The van der Waals surface area contributed by atoms with Gasteiger partial charge in [0.1, 0.15) is 6.04 Å². The second kappa shape index (κ2) is 9.10. The molecule has 7 nitrogen and oxygen atoms in total. The average Bonchev–Trinajstić information content (AvgIpc) is 2.61. The van der Waals surface area contributed by atoms with Crippen LogP contribution in [0.15, 0.2) is 24.3 Å². The number of benzene rings is 1. The van der Waals surface area contributed by atoms with Crippen LogP contribution in [0.25, 0.3) is 0 Å². The average molecular weight is 423 g/mol. The summed E-state index contributed by atoms with van der Waals surface area (Å²) in [5, 5.41) is 2.65. The molecule has 0 radical (unpaired) electrons. The van der Waals surface area contributed by atoms with Crippen molar-refractivity contribution in [3.8, 4) is 0 Å². The number of hydrogen-bond acceptors (Lipinski definition) is 5. The van der Waals surface area contributed by atoms with Crippen molar-refractivity contribution in [2.45, 2.75) is 19.1 Å². The highest BCUT2D eigenvalue weighted by atomic mass is 32.2. The zero-order chi connectivity index (χ0) is 20.9. The highest BCUT2D eigenvalue weighted by molar-refractivity contribution is 7.92. The third-order valence-corrected chi connectivity index (χ3v) is 5.59. The summed E-state index contributed by atoms with van der Waals surface area (Å²) in [5.41, 5.74) is -1.20. The maximum absolute atomic E-state index is 13.0. The minimum absolute atomic E-state index is 0.215. The van der Waals surface area contributed by atoms with E-state index < -0.39 is 33.7 Å². The Bertz CT molecular complexity index is 780. The number of morpholine rings is 1. The van der Waals surface area contributed by atoms with E-state index >= 15 is 0 Å². The maximum atomic E-state index is 13.0. The van der Waals surface area contributed by atoms with Gasteiger partial charge >= 0.3 is 6.18 Å². The van der Waals surface area contributed by atoms with Crippen LogP contribution in [0.2, 0.25) is 0 Å². The monoisotopic (exact) mass is 423 g/mol. The van der Waals surface area contributed by atoms with E-state index in [1.54, 1.807) is 0 Å². The van der Waals surface area contributed by atoms with Crippen molar-refractivity contribution in [1.29, 1.82) is 0 Å². The molecule has 11 heteroatoms. The molecule has 0 aliphatic carbocycles. The molecule has 0 saturated carbocycles. The molecule has 1 aromatic carbocycles. The Morgan fingerprint density at radius 1 is 1.32 bits per heavy atom. The van der Waals surface area contributed by atoms with E-state index in [-0.39, 0.29) is 5.69 Å². The van der Waals surface area contributed by atoms with Crippen LogP contribution >= 0.6 is 0 Å². The number of rotatable bonds is 7. The second-order valence-electron chi connectivity index (χ2n) is 6.53. The van der Waals surface area contributed by atoms with Crippen molar-refractivity contribution < 1.29 is 31.1 Å².